The van der Waals surface area contributed by atoms with Gasteiger partial charge < -0.3 is 15.0 Å². The van der Waals surface area contributed by atoms with E-state index in [9.17, 15) is 0 Å². The molecule has 3 nitrogen and oxygen atoms in total. The van der Waals surface area contributed by atoms with E-state index in [1.165, 1.54) is 38.8 Å². The van der Waals surface area contributed by atoms with E-state index in [2.05, 4.69) is 44.8 Å². The summed E-state index contributed by atoms with van der Waals surface area (Å²) < 4.78 is 5.85. The van der Waals surface area contributed by atoms with E-state index in [1.807, 2.05) is 0 Å². The fourth-order valence-electron chi connectivity index (χ4n) is 3.41. The van der Waals surface area contributed by atoms with Crippen LogP contribution < -0.4 is 5.32 Å². The SMILES string of the molecule is CCOC1CCCN(CC(CC)(CC)CNCC(C)C)C1. The number of ether oxygens (including phenoxy) is 1. The van der Waals surface area contributed by atoms with Gasteiger partial charge in [-0.15, -0.1) is 0 Å². The van der Waals surface area contributed by atoms with Crippen molar-refractivity contribution in [2.75, 3.05) is 39.3 Å². The molecule has 3 heteroatoms. The predicted molar refractivity (Wildman–Crippen MR) is 91.8 cm³/mol. The van der Waals surface area contributed by atoms with Crippen molar-refractivity contribution in [3.63, 3.8) is 0 Å². The van der Waals surface area contributed by atoms with Crippen molar-refractivity contribution in [3.8, 4) is 0 Å². The molecule has 1 aliphatic rings. The Kier molecular flexibility index (Phi) is 8.84. The Labute approximate surface area is 132 Å². The fourth-order valence-corrected chi connectivity index (χ4v) is 3.41. The highest BCUT2D eigenvalue weighted by Gasteiger charge is 2.31. The Hall–Kier alpha value is -0.120. The van der Waals surface area contributed by atoms with Gasteiger partial charge in [-0.2, -0.15) is 0 Å². The summed E-state index contributed by atoms with van der Waals surface area (Å²) in [5.41, 5.74) is 0.420. The summed E-state index contributed by atoms with van der Waals surface area (Å²) in [6, 6.07) is 0. The topological polar surface area (TPSA) is 24.5 Å². The largest absolute Gasteiger partial charge is 0.377 e. The maximum Gasteiger partial charge on any atom is 0.0702 e. The lowest BCUT2D eigenvalue weighted by molar-refractivity contribution is -0.00809. The number of hydrogen-bond donors (Lipinski definition) is 1. The van der Waals surface area contributed by atoms with Gasteiger partial charge in [-0.05, 0) is 57.0 Å². The monoisotopic (exact) mass is 298 g/mol. The smallest absolute Gasteiger partial charge is 0.0702 e. The average molecular weight is 299 g/mol. The molecule has 0 aromatic heterocycles. The predicted octanol–water partition coefficient (Wildman–Crippen LogP) is 3.54. The molecule has 126 valence electrons. The van der Waals surface area contributed by atoms with Gasteiger partial charge in [0, 0.05) is 26.2 Å². The van der Waals surface area contributed by atoms with E-state index in [0.29, 0.717) is 11.5 Å². The standard InChI is InChI=1S/C18H38N2O/c1-6-18(7-2,14-19-12-16(4)5)15-20-11-9-10-17(13-20)21-8-3/h16-17,19H,6-15H2,1-5H3. The molecule has 1 fully saturated rings. The third-order valence-electron chi connectivity index (χ3n) is 4.98. The highest BCUT2D eigenvalue weighted by molar-refractivity contribution is 4.85. The molecule has 1 N–H and O–H groups in total. The van der Waals surface area contributed by atoms with Crippen LogP contribution in [0.4, 0.5) is 0 Å². The molecule has 0 aliphatic carbocycles. The van der Waals surface area contributed by atoms with Crippen molar-refractivity contribution < 1.29 is 4.74 Å². The van der Waals surface area contributed by atoms with E-state index in [-0.39, 0.29) is 0 Å². The van der Waals surface area contributed by atoms with Gasteiger partial charge in [-0.25, -0.2) is 0 Å². The lowest BCUT2D eigenvalue weighted by Crippen LogP contribution is -2.48. The second kappa shape index (κ2) is 9.81. The van der Waals surface area contributed by atoms with Crippen LogP contribution in [-0.4, -0.2) is 50.3 Å². The molecule has 0 spiro atoms. The molecular weight excluding hydrogens is 260 g/mol. The molecule has 1 rings (SSSR count). The van der Waals surface area contributed by atoms with Crippen LogP contribution in [0.25, 0.3) is 0 Å². The van der Waals surface area contributed by atoms with E-state index in [1.54, 1.807) is 0 Å². The third kappa shape index (κ3) is 6.66. The summed E-state index contributed by atoms with van der Waals surface area (Å²) in [7, 11) is 0. The summed E-state index contributed by atoms with van der Waals surface area (Å²) in [6.45, 7) is 18.1. The molecule has 0 saturated carbocycles. The second-order valence-electron chi connectivity index (χ2n) is 7.19. The van der Waals surface area contributed by atoms with E-state index < -0.39 is 0 Å². The first kappa shape index (κ1) is 18.9. The summed E-state index contributed by atoms with van der Waals surface area (Å²) in [5.74, 6) is 0.730. The van der Waals surface area contributed by atoms with Crippen molar-refractivity contribution in [1.82, 2.24) is 10.2 Å². The molecule has 0 radical (unpaired) electrons. The first-order valence-corrected chi connectivity index (χ1v) is 9.10. The summed E-state index contributed by atoms with van der Waals surface area (Å²) in [4.78, 5) is 2.65. The molecule has 0 bridgehead atoms. The fraction of sp³-hybridized carbons (Fsp3) is 1.00. The maximum absolute atomic E-state index is 5.85. The van der Waals surface area contributed by atoms with Crippen LogP contribution in [0.15, 0.2) is 0 Å². The molecule has 1 aliphatic heterocycles. The Morgan fingerprint density at radius 2 is 1.95 bits per heavy atom. The van der Waals surface area contributed by atoms with E-state index >= 15 is 0 Å². The number of nitrogens with zero attached hydrogens (tertiary/aromatic N) is 1. The zero-order valence-electron chi connectivity index (χ0n) is 15.1. The normalized spacial score (nSPS) is 21.1. The van der Waals surface area contributed by atoms with Crippen molar-refractivity contribution in [1.29, 1.82) is 0 Å². The van der Waals surface area contributed by atoms with Gasteiger partial charge in [0.1, 0.15) is 0 Å². The highest BCUT2D eigenvalue weighted by atomic mass is 16.5. The number of rotatable bonds is 10. The van der Waals surface area contributed by atoms with Gasteiger partial charge in [-0.3, -0.25) is 0 Å². The van der Waals surface area contributed by atoms with Crippen molar-refractivity contribution >= 4 is 0 Å². The summed E-state index contributed by atoms with van der Waals surface area (Å²) in [6.07, 6.45) is 5.49. The minimum absolute atomic E-state index is 0.420. The molecule has 1 unspecified atom stereocenters. The van der Waals surface area contributed by atoms with Gasteiger partial charge in [0.25, 0.3) is 0 Å². The minimum Gasteiger partial charge on any atom is -0.377 e. The maximum atomic E-state index is 5.85. The van der Waals surface area contributed by atoms with Crippen LogP contribution >= 0.6 is 0 Å². The van der Waals surface area contributed by atoms with Crippen LogP contribution in [-0.2, 0) is 4.74 Å². The first-order valence-electron chi connectivity index (χ1n) is 9.10. The lowest BCUT2D eigenvalue weighted by atomic mass is 9.81. The van der Waals surface area contributed by atoms with Crippen molar-refractivity contribution in [2.24, 2.45) is 11.3 Å². The molecule has 1 atom stereocenters. The Bertz CT molecular complexity index is 262. The van der Waals surface area contributed by atoms with E-state index in [4.69, 9.17) is 4.74 Å². The zero-order chi connectivity index (χ0) is 15.7. The van der Waals surface area contributed by atoms with Crippen LogP contribution in [0.2, 0.25) is 0 Å². The lowest BCUT2D eigenvalue weighted by Gasteiger charge is -2.41. The molecule has 1 heterocycles. The van der Waals surface area contributed by atoms with E-state index in [0.717, 1.165) is 32.2 Å². The first-order chi connectivity index (χ1) is 10.0. The molecule has 0 amide bonds. The van der Waals surface area contributed by atoms with Gasteiger partial charge in [0.05, 0.1) is 6.10 Å². The molecular formula is C18H38N2O. The molecule has 0 aromatic carbocycles. The van der Waals surface area contributed by atoms with Crippen LogP contribution in [0.5, 0.6) is 0 Å². The Morgan fingerprint density at radius 1 is 1.24 bits per heavy atom. The quantitative estimate of drug-likeness (QED) is 0.667. The van der Waals surface area contributed by atoms with Gasteiger partial charge in [-0.1, -0.05) is 27.7 Å². The number of hydrogen-bond acceptors (Lipinski definition) is 3. The van der Waals surface area contributed by atoms with Crippen molar-refractivity contribution in [2.45, 2.75) is 66.4 Å². The van der Waals surface area contributed by atoms with Gasteiger partial charge in [0.15, 0.2) is 0 Å². The number of piperidine rings is 1. The van der Waals surface area contributed by atoms with Crippen LogP contribution in [0.1, 0.15) is 60.3 Å². The number of likely N-dealkylation sites (tertiary alicyclic amines) is 1. The van der Waals surface area contributed by atoms with Crippen LogP contribution in [0, 0.1) is 11.3 Å². The molecule has 0 aromatic rings. The zero-order valence-corrected chi connectivity index (χ0v) is 15.1. The van der Waals surface area contributed by atoms with Crippen molar-refractivity contribution in [3.05, 3.63) is 0 Å². The molecule has 21 heavy (non-hydrogen) atoms. The Morgan fingerprint density at radius 3 is 2.52 bits per heavy atom. The van der Waals surface area contributed by atoms with Gasteiger partial charge in [0.2, 0.25) is 0 Å². The third-order valence-corrected chi connectivity index (χ3v) is 4.98. The minimum atomic E-state index is 0.420. The Balaban J connectivity index is 2.51. The summed E-state index contributed by atoms with van der Waals surface area (Å²) >= 11 is 0. The molecule has 1 saturated heterocycles. The van der Waals surface area contributed by atoms with Gasteiger partial charge >= 0.3 is 0 Å². The van der Waals surface area contributed by atoms with Crippen LogP contribution in [0.3, 0.4) is 0 Å². The summed E-state index contributed by atoms with van der Waals surface area (Å²) in [5, 5.41) is 3.70. The average Bonchev–Trinajstić information content (AvgIpc) is 2.46. The highest BCUT2D eigenvalue weighted by Crippen LogP contribution is 2.28. The second-order valence-corrected chi connectivity index (χ2v) is 7.19. The number of nitrogens with one attached hydrogen (secondary N) is 1.